The quantitative estimate of drug-likeness (QED) is 0.830. The minimum absolute atomic E-state index is 0.234. The molecule has 106 valence electrons. The lowest BCUT2D eigenvalue weighted by atomic mass is 9.90. The summed E-state index contributed by atoms with van der Waals surface area (Å²) >= 11 is 5.85. The molecule has 2 atom stereocenters. The van der Waals surface area contributed by atoms with Crippen molar-refractivity contribution in [3.05, 3.63) is 29.2 Å². The number of nitrogens with zero attached hydrogens (tertiary/aromatic N) is 4. The maximum absolute atomic E-state index is 6.32. The summed E-state index contributed by atoms with van der Waals surface area (Å²) in [7, 11) is 2.14. The van der Waals surface area contributed by atoms with Crippen LogP contribution >= 0.6 is 11.6 Å². The molecule has 2 aliphatic heterocycles. The first kappa shape index (κ1) is 12.5. The Morgan fingerprint density at radius 2 is 2.40 bits per heavy atom. The second kappa shape index (κ2) is 4.39. The number of hydrogen-bond donors (Lipinski definition) is 1. The molecule has 0 radical (unpaired) electrons. The molecule has 0 amide bonds. The van der Waals surface area contributed by atoms with E-state index in [0.29, 0.717) is 0 Å². The van der Waals surface area contributed by atoms with Gasteiger partial charge >= 0.3 is 0 Å². The summed E-state index contributed by atoms with van der Waals surface area (Å²) in [6, 6.07) is 3.99. The van der Waals surface area contributed by atoms with Gasteiger partial charge in [-0.3, -0.25) is 0 Å². The van der Waals surface area contributed by atoms with Gasteiger partial charge in [0.25, 0.3) is 0 Å². The summed E-state index contributed by atoms with van der Waals surface area (Å²) in [6.07, 6.45) is 2.20. The molecule has 7 heteroatoms. The molecule has 0 aromatic carbocycles. The zero-order valence-electron chi connectivity index (χ0n) is 11.2. The molecule has 2 aliphatic rings. The van der Waals surface area contributed by atoms with E-state index in [1.807, 2.05) is 12.3 Å². The zero-order chi connectivity index (χ0) is 13.7. The van der Waals surface area contributed by atoms with Crippen molar-refractivity contribution < 1.29 is 4.74 Å². The lowest BCUT2D eigenvalue weighted by Crippen LogP contribution is -2.63. The summed E-state index contributed by atoms with van der Waals surface area (Å²) in [4.78, 5) is 6.47. The number of morpholine rings is 2. The number of fused-ring (bicyclic) bond motifs is 3. The maximum Gasteiger partial charge on any atom is 0.243 e. The fourth-order valence-corrected chi connectivity index (χ4v) is 3.44. The SMILES string of the molecule is CN1CC2CNCC(c3ccc4nc(Cl)nn4c3)(C1)O2. The predicted octanol–water partition coefficient (Wildman–Crippen LogP) is 0.512. The highest BCUT2D eigenvalue weighted by Gasteiger charge is 2.44. The van der Waals surface area contributed by atoms with Crippen LogP contribution in [0, 0.1) is 0 Å². The van der Waals surface area contributed by atoms with Crippen molar-refractivity contribution in [2.75, 3.05) is 33.2 Å². The van der Waals surface area contributed by atoms with Crippen molar-refractivity contribution in [1.29, 1.82) is 0 Å². The van der Waals surface area contributed by atoms with E-state index in [1.165, 1.54) is 0 Å². The number of pyridine rings is 1. The molecule has 2 aromatic rings. The first-order valence-corrected chi connectivity index (χ1v) is 7.12. The van der Waals surface area contributed by atoms with Gasteiger partial charge in [0.15, 0.2) is 5.65 Å². The van der Waals surface area contributed by atoms with Crippen molar-refractivity contribution in [2.24, 2.45) is 0 Å². The summed E-state index contributed by atoms with van der Waals surface area (Å²) in [6.45, 7) is 3.54. The average molecular weight is 294 g/mol. The molecule has 2 bridgehead atoms. The average Bonchev–Trinajstić information content (AvgIpc) is 2.77. The molecule has 4 heterocycles. The second-order valence-corrected chi connectivity index (χ2v) is 6.00. The van der Waals surface area contributed by atoms with E-state index in [1.54, 1.807) is 4.52 Å². The van der Waals surface area contributed by atoms with Gasteiger partial charge in [-0.25, -0.2) is 4.52 Å². The fraction of sp³-hybridized carbons (Fsp3) is 0.538. The Balaban J connectivity index is 1.79. The van der Waals surface area contributed by atoms with Crippen LogP contribution in [-0.2, 0) is 10.3 Å². The largest absolute Gasteiger partial charge is 0.362 e. The van der Waals surface area contributed by atoms with Gasteiger partial charge in [-0.05, 0) is 24.7 Å². The van der Waals surface area contributed by atoms with Crippen LogP contribution in [0.2, 0.25) is 5.28 Å². The zero-order valence-corrected chi connectivity index (χ0v) is 12.0. The third-order valence-electron chi connectivity index (χ3n) is 4.05. The molecular weight excluding hydrogens is 278 g/mol. The molecule has 6 nitrogen and oxygen atoms in total. The first-order chi connectivity index (χ1) is 9.64. The molecular formula is C13H16ClN5O. The smallest absolute Gasteiger partial charge is 0.243 e. The van der Waals surface area contributed by atoms with Crippen LogP contribution in [-0.4, -0.2) is 58.8 Å². The Morgan fingerprint density at radius 3 is 3.30 bits per heavy atom. The number of rotatable bonds is 1. The third kappa shape index (κ3) is 1.91. The van der Waals surface area contributed by atoms with Crippen LogP contribution in [0.25, 0.3) is 5.65 Å². The molecule has 2 fully saturated rings. The molecule has 2 unspecified atom stereocenters. The van der Waals surface area contributed by atoms with Gasteiger partial charge in [-0.1, -0.05) is 6.07 Å². The van der Waals surface area contributed by atoms with Crippen molar-refractivity contribution in [2.45, 2.75) is 11.7 Å². The maximum atomic E-state index is 6.32. The van der Waals surface area contributed by atoms with Gasteiger partial charge in [-0.15, -0.1) is 5.10 Å². The van der Waals surface area contributed by atoms with E-state index in [9.17, 15) is 0 Å². The van der Waals surface area contributed by atoms with Crippen LogP contribution in [0.3, 0.4) is 0 Å². The number of likely N-dealkylation sites (N-methyl/N-ethyl adjacent to an activating group) is 1. The summed E-state index contributed by atoms with van der Waals surface area (Å²) in [5.41, 5.74) is 1.54. The molecule has 0 saturated carbocycles. The van der Waals surface area contributed by atoms with Crippen molar-refractivity contribution in [3.63, 3.8) is 0 Å². The Labute approximate surface area is 121 Å². The summed E-state index contributed by atoms with van der Waals surface area (Å²) in [5, 5.41) is 7.91. The number of halogens is 1. The van der Waals surface area contributed by atoms with Gasteiger partial charge < -0.3 is 15.0 Å². The minimum atomic E-state index is -0.317. The molecule has 0 aliphatic carbocycles. The van der Waals surface area contributed by atoms with E-state index < -0.39 is 0 Å². The van der Waals surface area contributed by atoms with Crippen LogP contribution < -0.4 is 5.32 Å². The van der Waals surface area contributed by atoms with Gasteiger partial charge in [-0.2, -0.15) is 4.98 Å². The lowest BCUT2D eigenvalue weighted by molar-refractivity contribution is -0.173. The Hall–Kier alpha value is -1.21. The highest BCUT2D eigenvalue weighted by atomic mass is 35.5. The third-order valence-corrected chi connectivity index (χ3v) is 4.21. The topological polar surface area (TPSA) is 54.7 Å². The van der Waals surface area contributed by atoms with Crippen molar-refractivity contribution >= 4 is 17.2 Å². The summed E-state index contributed by atoms with van der Waals surface area (Å²) < 4.78 is 8.04. The number of ether oxygens (including phenoxy) is 1. The molecule has 1 N–H and O–H groups in total. The van der Waals surface area contributed by atoms with Crippen molar-refractivity contribution in [3.8, 4) is 0 Å². The first-order valence-electron chi connectivity index (χ1n) is 6.74. The Bertz CT molecular complexity index is 655. The van der Waals surface area contributed by atoms with Crippen LogP contribution in [0.15, 0.2) is 18.3 Å². The van der Waals surface area contributed by atoms with E-state index in [0.717, 1.165) is 37.4 Å². The van der Waals surface area contributed by atoms with Crippen LogP contribution in [0.4, 0.5) is 0 Å². The van der Waals surface area contributed by atoms with Crippen LogP contribution in [0.1, 0.15) is 5.56 Å². The summed E-state index contributed by atoms with van der Waals surface area (Å²) in [5.74, 6) is 0. The van der Waals surface area contributed by atoms with Gasteiger partial charge in [0, 0.05) is 37.9 Å². The second-order valence-electron chi connectivity index (χ2n) is 5.66. The van der Waals surface area contributed by atoms with E-state index in [4.69, 9.17) is 16.3 Å². The Morgan fingerprint density at radius 1 is 1.50 bits per heavy atom. The molecule has 4 rings (SSSR count). The highest BCUT2D eigenvalue weighted by molar-refractivity contribution is 6.28. The van der Waals surface area contributed by atoms with Gasteiger partial charge in [0.1, 0.15) is 5.60 Å². The molecule has 2 aromatic heterocycles. The lowest BCUT2D eigenvalue weighted by Gasteiger charge is -2.49. The molecule has 2 saturated heterocycles. The normalized spacial score (nSPS) is 30.8. The van der Waals surface area contributed by atoms with E-state index >= 15 is 0 Å². The number of hydrogen-bond acceptors (Lipinski definition) is 5. The van der Waals surface area contributed by atoms with Crippen LogP contribution in [0.5, 0.6) is 0 Å². The standard InChI is InChI=1S/C13H16ClN5O/c1-18-6-10-4-15-7-13(8-18,20-10)9-2-3-11-16-12(14)17-19(11)5-9/h2-3,5,10,15H,4,6-8H2,1H3. The Kier molecular flexibility index (Phi) is 2.75. The highest BCUT2D eigenvalue weighted by Crippen LogP contribution is 2.33. The predicted molar refractivity (Wildman–Crippen MR) is 74.9 cm³/mol. The van der Waals surface area contributed by atoms with E-state index in [-0.39, 0.29) is 17.0 Å². The number of aromatic nitrogens is 3. The van der Waals surface area contributed by atoms with Gasteiger partial charge in [0.2, 0.25) is 5.28 Å². The van der Waals surface area contributed by atoms with E-state index in [2.05, 4.69) is 33.4 Å². The fourth-order valence-electron chi connectivity index (χ4n) is 3.27. The molecule has 0 spiro atoms. The molecule has 20 heavy (non-hydrogen) atoms. The van der Waals surface area contributed by atoms with Crippen molar-refractivity contribution in [1.82, 2.24) is 24.8 Å². The monoisotopic (exact) mass is 293 g/mol. The number of nitrogens with one attached hydrogen (secondary N) is 1. The minimum Gasteiger partial charge on any atom is -0.362 e. The van der Waals surface area contributed by atoms with Gasteiger partial charge in [0.05, 0.1) is 6.10 Å².